The van der Waals surface area contributed by atoms with Crippen LogP contribution in [0.4, 0.5) is 18.9 Å². The van der Waals surface area contributed by atoms with Crippen LogP contribution in [0.5, 0.6) is 0 Å². The maximum absolute atomic E-state index is 13.2. The fourth-order valence-electron chi connectivity index (χ4n) is 5.66. The number of carbonyl (C=O) groups is 4. The Labute approximate surface area is 277 Å². The summed E-state index contributed by atoms with van der Waals surface area (Å²) in [6.45, 7) is 7.34. The summed E-state index contributed by atoms with van der Waals surface area (Å²) in [6, 6.07) is 21.8. The van der Waals surface area contributed by atoms with Crippen LogP contribution in [0.1, 0.15) is 50.2 Å². The minimum Gasteiger partial charge on any atom is -0.475 e. The van der Waals surface area contributed by atoms with Crippen LogP contribution < -0.4 is 16.4 Å². The Balaban J connectivity index is 0.000000671. The minimum absolute atomic E-state index is 0.0919. The van der Waals surface area contributed by atoms with Gasteiger partial charge in [0.05, 0.1) is 11.6 Å². The zero-order valence-electron chi connectivity index (χ0n) is 26.5. The molecule has 0 saturated carbocycles. The standard InChI is InChI=1S/C33H39N5O3.C2HF3O2/c34-28(23-24-9-2-1-3-10-24)33(41)36-16-8-18-38-21-19-37(20-22-38)17-7-15-35-29-14-6-13-27-30(29)32(40)26-12-5-4-11-25(26)31(27)39;3-2(4,5)1(6)7/h1-6,9-14,28,35H,7-8,15-23,34H2,(H,36,41);(H,6,7)/t28-;/m1./s1. The molecule has 0 aromatic heterocycles. The third kappa shape index (κ3) is 9.96. The molecule has 1 aliphatic heterocycles. The number of nitrogens with zero attached hydrogens (tertiary/aromatic N) is 2. The van der Waals surface area contributed by atoms with Gasteiger partial charge in [-0.25, -0.2) is 4.79 Å². The van der Waals surface area contributed by atoms with Crippen molar-refractivity contribution in [3.8, 4) is 0 Å². The number of rotatable bonds is 12. The fourth-order valence-corrected chi connectivity index (χ4v) is 5.66. The Morgan fingerprint density at radius 3 is 1.88 bits per heavy atom. The monoisotopic (exact) mass is 667 g/mol. The summed E-state index contributed by atoms with van der Waals surface area (Å²) in [5.74, 6) is -3.04. The topological polar surface area (TPSA) is 145 Å². The number of aliphatic carboxylic acids is 1. The van der Waals surface area contributed by atoms with Crippen molar-refractivity contribution in [1.29, 1.82) is 0 Å². The van der Waals surface area contributed by atoms with Crippen LogP contribution in [0.2, 0.25) is 0 Å². The summed E-state index contributed by atoms with van der Waals surface area (Å²) >= 11 is 0. The first-order chi connectivity index (χ1) is 23.0. The van der Waals surface area contributed by atoms with Gasteiger partial charge in [0.1, 0.15) is 0 Å². The number of alkyl halides is 3. The Hall–Kier alpha value is -4.59. The van der Waals surface area contributed by atoms with E-state index < -0.39 is 18.2 Å². The van der Waals surface area contributed by atoms with E-state index in [-0.39, 0.29) is 17.5 Å². The number of benzene rings is 3. The Bertz CT molecular complexity index is 1580. The zero-order valence-corrected chi connectivity index (χ0v) is 26.5. The first-order valence-corrected chi connectivity index (χ1v) is 15.8. The van der Waals surface area contributed by atoms with Gasteiger partial charge in [0, 0.05) is 61.6 Å². The van der Waals surface area contributed by atoms with E-state index in [1.54, 1.807) is 30.3 Å². The Morgan fingerprint density at radius 2 is 1.29 bits per heavy atom. The van der Waals surface area contributed by atoms with Crippen LogP contribution in [-0.4, -0.2) is 103 Å². The summed E-state index contributed by atoms with van der Waals surface area (Å²) in [5.41, 5.74) is 9.79. The first kappa shape index (κ1) is 36.2. The number of halogens is 3. The largest absolute Gasteiger partial charge is 0.490 e. The normalized spacial score (nSPS) is 15.4. The number of hydrogen-bond donors (Lipinski definition) is 4. The van der Waals surface area contributed by atoms with E-state index >= 15 is 0 Å². The molecule has 1 atom stereocenters. The average Bonchev–Trinajstić information content (AvgIpc) is 3.08. The van der Waals surface area contributed by atoms with Gasteiger partial charge in [-0.1, -0.05) is 66.7 Å². The summed E-state index contributed by atoms with van der Waals surface area (Å²) in [5, 5.41) is 13.5. The van der Waals surface area contributed by atoms with Crippen molar-refractivity contribution < 1.29 is 37.5 Å². The van der Waals surface area contributed by atoms with Gasteiger partial charge in [0.25, 0.3) is 0 Å². The summed E-state index contributed by atoms with van der Waals surface area (Å²) in [4.78, 5) is 52.3. The van der Waals surface area contributed by atoms with Gasteiger partial charge in [-0.05, 0) is 44.0 Å². The van der Waals surface area contributed by atoms with E-state index in [4.69, 9.17) is 15.6 Å². The molecule has 1 aliphatic carbocycles. The molecule has 0 radical (unpaired) electrons. The third-order valence-corrected chi connectivity index (χ3v) is 8.21. The van der Waals surface area contributed by atoms with Gasteiger partial charge in [-0.15, -0.1) is 0 Å². The van der Waals surface area contributed by atoms with Crippen molar-refractivity contribution >= 4 is 29.1 Å². The molecule has 3 aromatic carbocycles. The van der Waals surface area contributed by atoms with Crippen molar-refractivity contribution in [3.63, 3.8) is 0 Å². The van der Waals surface area contributed by atoms with E-state index in [9.17, 15) is 27.6 Å². The predicted octanol–water partition coefficient (Wildman–Crippen LogP) is 3.59. The Morgan fingerprint density at radius 1 is 0.771 bits per heavy atom. The van der Waals surface area contributed by atoms with Gasteiger partial charge in [-0.2, -0.15) is 13.2 Å². The molecular weight excluding hydrogens is 627 g/mol. The van der Waals surface area contributed by atoms with Gasteiger partial charge >= 0.3 is 12.1 Å². The summed E-state index contributed by atoms with van der Waals surface area (Å²) in [7, 11) is 0. The van der Waals surface area contributed by atoms with Crippen LogP contribution in [0.15, 0.2) is 72.8 Å². The smallest absolute Gasteiger partial charge is 0.475 e. The highest BCUT2D eigenvalue weighted by Crippen LogP contribution is 2.31. The molecular formula is C35H40F3N5O5. The van der Waals surface area contributed by atoms with Crippen molar-refractivity contribution in [1.82, 2.24) is 15.1 Å². The molecule has 0 unspecified atom stereocenters. The lowest BCUT2D eigenvalue weighted by Crippen LogP contribution is -2.47. The van der Waals surface area contributed by atoms with Crippen LogP contribution in [0.3, 0.4) is 0 Å². The number of piperazine rings is 1. The fraction of sp³-hybridized carbons (Fsp3) is 0.371. The molecule has 5 rings (SSSR count). The summed E-state index contributed by atoms with van der Waals surface area (Å²) in [6.07, 6.45) is -2.69. The van der Waals surface area contributed by atoms with Crippen LogP contribution >= 0.6 is 0 Å². The highest BCUT2D eigenvalue weighted by molar-refractivity contribution is 6.30. The van der Waals surface area contributed by atoms with E-state index in [0.29, 0.717) is 35.2 Å². The van der Waals surface area contributed by atoms with Crippen LogP contribution in [0, 0.1) is 0 Å². The first-order valence-electron chi connectivity index (χ1n) is 15.8. The molecule has 3 aromatic rings. The second-order valence-electron chi connectivity index (χ2n) is 11.6. The van der Waals surface area contributed by atoms with E-state index in [1.807, 2.05) is 42.5 Å². The molecule has 0 spiro atoms. The van der Waals surface area contributed by atoms with Crippen molar-refractivity contribution in [2.45, 2.75) is 31.5 Å². The van der Waals surface area contributed by atoms with Gasteiger partial charge in [0.15, 0.2) is 11.6 Å². The number of ketones is 2. The predicted molar refractivity (Wildman–Crippen MR) is 175 cm³/mol. The number of carboxylic acid groups (broad SMARTS) is 1. The van der Waals surface area contributed by atoms with Crippen molar-refractivity contribution in [2.24, 2.45) is 5.73 Å². The lowest BCUT2D eigenvalue weighted by Gasteiger charge is -2.34. The molecule has 0 bridgehead atoms. The number of amides is 1. The second-order valence-corrected chi connectivity index (χ2v) is 11.6. The van der Waals surface area contributed by atoms with E-state index in [2.05, 4.69) is 20.4 Å². The lowest BCUT2D eigenvalue weighted by molar-refractivity contribution is -0.192. The molecule has 1 amide bonds. The van der Waals surface area contributed by atoms with Gasteiger partial charge < -0.3 is 31.3 Å². The second kappa shape index (κ2) is 17.0. The van der Waals surface area contributed by atoms with Gasteiger partial charge in [-0.3, -0.25) is 14.4 Å². The maximum Gasteiger partial charge on any atom is 0.490 e. The number of hydrogen-bond acceptors (Lipinski definition) is 8. The van der Waals surface area contributed by atoms with E-state index in [0.717, 1.165) is 69.9 Å². The zero-order chi connectivity index (χ0) is 34.7. The lowest BCUT2D eigenvalue weighted by atomic mass is 9.83. The maximum atomic E-state index is 13.2. The number of fused-ring (bicyclic) bond motifs is 2. The molecule has 48 heavy (non-hydrogen) atoms. The van der Waals surface area contributed by atoms with Crippen molar-refractivity contribution in [3.05, 3.63) is 101 Å². The number of carbonyl (C=O) groups excluding carboxylic acids is 3. The quantitative estimate of drug-likeness (QED) is 0.167. The van der Waals surface area contributed by atoms with Crippen LogP contribution in [-0.2, 0) is 16.0 Å². The SMILES string of the molecule is N[C@H](Cc1ccccc1)C(=O)NCCCN1CCN(CCCNc2cccc3c2C(=O)c2ccccc2C3=O)CC1.O=C(O)C(F)(F)F. The highest BCUT2D eigenvalue weighted by atomic mass is 19.4. The average molecular weight is 668 g/mol. The molecule has 1 fully saturated rings. The molecule has 1 saturated heterocycles. The van der Waals surface area contributed by atoms with Gasteiger partial charge in [0.2, 0.25) is 5.91 Å². The van der Waals surface area contributed by atoms with E-state index in [1.165, 1.54) is 0 Å². The molecule has 5 N–H and O–H groups in total. The molecule has 13 heteroatoms. The molecule has 256 valence electrons. The van der Waals surface area contributed by atoms with Crippen molar-refractivity contribution in [2.75, 3.05) is 57.7 Å². The number of carboxylic acids is 1. The number of nitrogens with two attached hydrogens (primary N) is 1. The van der Waals surface area contributed by atoms with Crippen LogP contribution in [0.25, 0.3) is 0 Å². The number of anilines is 1. The minimum atomic E-state index is -5.08. The highest BCUT2D eigenvalue weighted by Gasteiger charge is 2.38. The molecule has 2 aliphatic rings. The third-order valence-electron chi connectivity index (χ3n) is 8.21. The molecule has 1 heterocycles. The summed E-state index contributed by atoms with van der Waals surface area (Å²) < 4.78 is 31.7. The Kier molecular flexibility index (Phi) is 12.8. The number of nitrogens with one attached hydrogen (secondary N) is 2. The molecule has 10 nitrogen and oxygen atoms in total.